The van der Waals surface area contributed by atoms with E-state index in [1.54, 1.807) is 12.1 Å². The van der Waals surface area contributed by atoms with Gasteiger partial charge in [-0.05, 0) is 25.1 Å². The van der Waals surface area contributed by atoms with Crippen LogP contribution >= 0.6 is 11.6 Å². The lowest BCUT2D eigenvalue weighted by Crippen LogP contribution is -2.35. The van der Waals surface area contributed by atoms with E-state index in [-0.39, 0.29) is 0 Å². The summed E-state index contributed by atoms with van der Waals surface area (Å²) < 4.78 is 31.3. The number of benzene rings is 1. The molecule has 1 aliphatic rings. The molecule has 1 aromatic carbocycles. The summed E-state index contributed by atoms with van der Waals surface area (Å²) in [5.41, 5.74) is 0.445. The van der Waals surface area contributed by atoms with Gasteiger partial charge in [-0.15, -0.1) is 0 Å². The van der Waals surface area contributed by atoms with Crippen molar-refractivity contribution in [3.05, 3.63) is 23.2 Å². The Balaban J connectivity index is 2.00. The van der Waals surface area contributed by atoms with Crippen molar-refractivity contribution in [2.45, 2.75) is 25.3 Å². The number of carbonyl (C=O) groups is 1. The maximum Gasteiger partial charge on any atom is 0.262 e. The third-order valence-corrected chi connectivity index (χ3v) is 3.22. The van der Waals surface area contributed by atoms with Crippen LogP contribution in [0.2, 0.25) is 5.02 Å². The molecule has 4 nitrogen and oxygen atoms in total. The number of rotatable bonds is 4. The van der Waals surface area contributed by atoms with Crippen LogP contribution in [0, 0.1) is 0 Å². The number of nitrogens with one attached hydrogen (secondary N) is 2. The van der Waals surface area contributed by atoms with Gasteiger partial charge in [0.05, 0.1) is 24.2 Å². The first-order valence-electron chi connectivity index (χ1n) is 6.26. The zero-order valence-corrected chi connectivity index (χ0v) is 11.6. The largest absolute Gasteiger partial charge is 0.492 e. The molecule has 0 spiro atoms. The number of anilines is 1. The van der Waals surface area contributed by atoms with Gasteiger partial charge in [-0.25, -0.2) is 8.78 Å². The van der Waals surface area contributed by atoms with E-state index in [1.165, 1.54) is 6.07 Å². The molecule has 2 N–H and O–H groups in total. The highest BCUT2D eigenvalue weighted by atomic mass is 35.5. The highest BCUT2D eigenvalue weighted by molar-refractivity contribution is 6.32. The van der Waals surface area contributed by atoms with Crippen molar-refractivity contribution >= 4 is 23.2 Å². The molecule has 1 amide bonds. The molecule has 1 heterocycles. The third kappa shape index (κ3) is 3.58. The van der Waals surface area contributed by atoms with Crippen molar-refractivity contribution in [2.75, 3.05) is 18.5 Å². The third-order valence-electron chi connectivity index (χ3n) is 2.93. The molecule has 0 bridgehead atoms. The van der Waals surface area contributed by atoms with Crippen LogP contribution < -0.4 is 15.4 Å². The van der Waals surface area contributed by atoms with E-state index in [1.807, 2.05) is 6.92 Å². The monoisotopic (exact) mass is 304 g/mol. The van der Waals surface area contributed by atoms with Gasteiger partial charge in [-0.3, -0.25) is 10.1 Å². The van der Waals surface area contributed by atoms with Gasteiger partial charge in [0.2, 0.25) is 5.91 Å². The first kappa shape index (κ1) is 15.0. The Morgan fingerprint density at radius 2 is 2.35 bits per heavy atom. The first-order chi connectivity index (χ1) is 9.41. The number of halogens is 3. The van der Waals surface area contributed by atoms with Crippen molar-refractivity contribution in [3.8, 4) is 5.75 Å². The van der Waals surface area contributed by atoms with Gasteiger partial charge < -0.3 is 10.1 Å². The Kier molecular flexibility index (Phi) is 4.45. The highest BCUT2D eigenvalue weighted by Crippen LogP contribution is 2.29. The lowest BCUT2D eigenvalue weighted by molar-refractivity contribution is -0.118. The van der Waals surface area contributed by atoms with Crippen LogP contribution in [0.1, 0.15) is 13.3 Å². The van der Waals surface area contributed by atoms with Crippen LogP contribution in [-0.2, 0) is 4.79 Å². The van der Waals surface area contributed by atoms with Crippen LogP contribution in [0.3, 0.4) is 0 Å². The van der Waals surface area contributed by atoms with E-state index in [0.717, 1.165) is 0 Å². The number of amides is 1. The Labute approximate surface area is 120 Å². The van der Waals surface area contributed by atoms with Gasteiger partial charge in [0.15, 0.2) is 0 Å². The van der Waals surface area contributed by atoms with Crippen molar-refractivity contribution < 1.29 is 18.3 Å². The van der Waals surface area contributed by atoms with E-state index in [0.29, 0.717) is 23.1 Å². The molecule has 7 heteroatoms. The zero-order valence-electron chi connectivity index (χ0n) is 10.9. The molecule has 1 fully saturated rings. The predicted molar refractivity (Wildman–Crippen MR) is 72.6 cm³/mol. The molecule has 2 rings (SSSR count). The van der Waals surface area contributed by atoms with Crippen LogP contribution in [-0.4, -0.2) is 31.0 Å². The van der Waals surface area contributed by atoms with E-state index in [4.69, 9.17) is 16.3 Å². The number of hydrogen-bond donors (Lipinski definition) is 2. The summed E-state index contributed by atoms with van der Waals surface area (Å²) >= 11 is 5.98. The van der Waals surface area contributed by atoms with E-state index < -0.39 is 30.8 Å². The molecule has 0 saturated carbocycles. The van der Waals surface area contributed by atoms with Crippen molar-refractivity contribution in [3.63, 3.8) is 0 Å². The minimum absolute atomic E-state index is 0.356. The molecule has 1 aliphatic heterocycles. The minimum atomic E-state index is -2.83. The Hall–Kier alpha value is -1.40. The molecular formula is C13H15ClF2N2O2. The topological polar surface area (TPSA) is 50.4 Å². The van der Waals surface area contributed by atoms with E-state index >= 15 is 0 Å². The summed E-state index contributed by atoms with van der Waals surface area (Å²) in [6.45, 7) is 1.83. The number of ether oxygens (including phenoxy) is 1. The fraction of sp³-hybridized carbons (Fsp3) is 0.462. The van der Waals surface area contributed by atoms with Crippen LogP contribution in [0.15, 0.2) is 18.2 Å². The number of hydrogen-bond acceptors (Lipinski definition) is 3. The summed E-state index contributed by atoms with van der Waals surface area (Å²) in [6.07, 6.45) is -0.496. The van der Waals surface area contributed by atoms with Gasteiger partial charge in [0, 0.05) is 12.1 Å². The average Bonchev–Trinajstić information content (AvgIpc) is 2.73. The van der Waals surface area contributed by atoms with Crippen molar-refractivity contribution in [1.82, 2.24) is 5.32 Å². The minimum Gasteiger partial charge on any atom is -0.492 e. The molecule has 1 atom stereocenters. The highest BCUT2D eigenvalue weighted by Gasteiger charge is 2.42. The Morgan fingerprint density at radius 1 is 1.60 bits per heavy atom. The summed E-state index contributed by atoms with van der Waals surface area (Å²) in [6, 6.07) is 3.87. The fourth-order valence-electron chi connectivity index (χ4n) is 1.98. The molecular weight excluding hydrogens is 290 g/mol. The zero-order chi connectivity index (χ0) is 14.8. The lowest BCUT2D eigenvalue weighted by Gasteiger charge is -2.12. The van der Waals surface area contributed by atoms with Gasteiger partial charge in [-0.2, -0.15) is 0 Å². The molecule has 20 heavy (non-hydrogen) atoms. The molecule has 0 radical (unpaired) electrons. The first-order valence-corrected chi connectivity index (χ1v) is 6.63. The number of alkyl halides is 2. The normalized spacial score (nSPS) is 20.7. The maximum absolute atomic E-state index is 13.0. The van der Waals surface area contributed by atoms with E-state index in [2.05, 4.69) is 10.6 Å². The average molecular weight is 305 g/mol. The molecule has 110 valence electrons. The van der Waals surface area contributed by atoms with Gasteiger partial charge in [-0.1, -0.05) is 11.6 Å². The van der Waals surface area contributed by atoms with Gasteiger partial charge >= 0.3 is 0 Å². The SMILES string of the molecule is CCOc1ccc(NC(=O)C2CC(F)(F)CN2)cc1Cl. The predicted octanol–water partition coefficient (Wildman–Crippen LogP) is 2.67. The summed E-state index contributed by atoms with van der Waals surface area (Å²) in [4.78, 5) is 11.8. The summed E-state index contributed by atoms with van der Waals surface area (Å²) in [5, 5.41) is 5.41. The van der Waals surface area contributed by atoms with Crippen LogP contribution in [0.25, 0.3) is 0 Å². The van der Waals surface area contributed by atoms with Gasteiger partial charge in [0.25, 0.3) is 5.92 Å². The molecule has 1 saturated heterocycles. The second-order valence-electron chi connectivity index (χ2n) is 4.56. The standard InChI is InChI=1S/C13H15ClF2N2O2/c1-2-20-11-4-3-8(5-9(11)14)18-12(19)10-6-13(15,16)7-17-10/h3-5,10,17H,2,6-7H2,1H3,(H,18,19). The molecule has 0 aromatic heterocycles. The molecule has 1 unspecified atom stereocenters. The molecule has 0 aliphatic carbocycles. The van der Waals surface area contributed by atoms with Crippen LogP contribution in [0.5, 0.6) is 5.75 Å². The maximum atomic E-state index is 13.0. The Morgan fingerprint density at radius 3 is 2.90 bits per heavy atom. The summed E-state index contributed by atoms with van der Waals surface area (Å²) in [7, 11) is 0. The summed E-state index contributed by atoms with van der Waals surface area (Å²) in [5.74, 6) is -2.82. The lowest BCUT2D eigenvalue weighted by atomic mass is 10.2. The quantitative estimate of drug-likeness (QED) is 0.899. The Bertz CT molecular complexity index is 511. The fourth-order valence-corrected chi connectivity index (χ4v) is 2.22. The van der Waals surface area contributed by atoms with Gasteiger partial charge in [0.1, 0.15) is 5.75 Å². The van der Waals surface area contributed by atoms with Crippen LogP contribution in [0.4, 0.5) is 14.5 Å². The van der Waals surface area contributed by atoms with E-state index in [9.17, 15) is 13.6 Å². The second kappa shape index (κ2) is 5.93. The van der Waals surface area contributed by atoms with Crippen molar-refractivity contribution in [2.24, 2.45) is 0 Å². The second-order valence-corrected chi connectivity index (χ2v) is 4.97. The smallest absolute Gasteiger partial charge is 0.262 e. The van der Waals surface area contributed by atoms with Crippen molar-refractivity contribution in [1.29, 1.82) is 0 Å². The number of carbonyl (C=O) groups excluding carboxylic acids is 1. The molecule has 1 aromatic rings.